The predicted octanol–water partition coefficient (Wildman–Crippen LogP) is 3.73. The van der Waals surface area contributed by atoms with Crippen LogP contribution >= 0.6 is 0 Å². The molecule has 21 heavy (non-hydrogen) atoms. The molecular weight excluding hydrogens is 276 g/mol. The van der Waals surface area contributed by atoms with E-state index in [1.165, 1.54) is 12.1 Å². The predicted molar refractivity (Wildman–Crippen MR) is 80.6 cm³/mol. The van der Waals surface area contributed by atoms with Crippen LogP contribution in [0.25, 0.3) is 0 Å². The second-order valence-corrected chi connectivity index (χ2v) is 4.89. The number of hydrazone groups is 1. The van der Waals surface area contributed by atoms with E-state index in [1.807, 2.05) is 6.92 Å². The van der Waals surface area contributed by atoms with Gasteiger partial charge in [0.25, 0.3) is 5.69 Å². The highest BCUT2D eigenvalue weighted by atomic mass is 16.6. The molecule has 0 bridgehead atoms. The number of nitrogens with one attached hydrogen (secondary N) is 1. The molecule has 0 spiro atoms. The van der Waals surface area contributed by atoms with Gasteiger partial charge in [0.2, 0.25) is 0 Å². The van der Waals surface area contributed by atoms with Gasteiger partial charge in [0.05, 0.1) is 15.9 Å². The monoisotopic (exact) mass is 294 g/mol. The smallest absolute Gasteiger partial charge is 0.272 e. The number of nitrogens with zero attached hydrogens (tertiary/aromatic N) is 3. The average molecular weight is 294 g/mol. The van der Waals surface area contributed by atoms with Crippen LogP contribution < -0.4 is 5.43 Å². The van der Waals surface area contributed by atoms with E-state index in [2.05, 4.69) is 24.4 Å². The van der Waals surface area contributed by atoms with Crippen molar-refractivity contribution < 1.29 is 9.85 Å². The molecule has 0 heterocycles. The number of non-ortho nitro benzene ring substituents is 1. The molecule has 8 heteroatoms. The van der Waals surface area contributed by atoms with Crippen LogP contribution in [0.3, 0.4) is 0 Å². The Bertz CT molecular complexity index is 571. The molecule has 0 unspecified atom stereocenters. The molecule has 0 fully saturated rings. The van der Waals surface area contributed by atoms with Crippen LogP contribution in [0.5, 0.6) is 0 Å². The van der Waals surface area contributed by atoms with Crippen molar-refractivity contribution in [1.82, 2.24) is 0 Å². The average Bonchev–Trinajstić information content (AvgIpc) is 2.44. The van der Waals surface area contributed by atoms with E-state index in [0.29, 0.717) is 5.92 Å². The summed E-state index contributed by atoms with van der Waals surface area (Å²) in [6.07, 6.45) is 1.80. The number of hydrogen-bond acceptors (Lipinski definition) is 6. The molecule has 1 N–H and O–H groups in total. The topological polar surface area (TPSA) is 111 Å². The van der Waals surface area contributed by atoms with Crippen molar-refractivity contribution >= 4 is 22.8 Å². The van der Waals surface area contributed by atoms with Gasteiger partial charge in [-0.2, -0.15) is 5.10 Å². The van der Waals surface area contributed by atoms with Crippen LogP contribution in [0, 0.1) is 26.1 Å². The minimum Gasteiger partial charge on any atom is -0.272 e. The van der Waals surface area contributed by atoms with Crippen molar-refractivity contribution in [2.24, 2.45) is 11.0 Å². The van der Waals surface area contributed by atoms with Gasteiger partial charge in [-0.05, 0) is 25.3 Å². The van der Waals surface area contributed by atoms with E-state index in [1.54, 1.807) is 0 Å². The molecule has 0 saturated heterocycles. The molecule has 1 aromatic rings. The lowest BCUT2D eigenvalue weighted by Crippen LogP contribution is -2.05. The van der Waals surface area contributed by atoms with Gasteiger partial charge in [0.1, 0.15) is 5.69 Å². The number of rotatable bonds is 7. The molecule has 0 saturated carbocycles. The minimum absolute atomic E-state index is 0.133. The first-order valence-corrected chi connectivity index (χ1v) is 6.57. The van der Waals surface area contributed by atoms with Crippen molar-refractivity contribution in [3.8, 4) is 0 Å². The summed E-state index contributed by atoms with van der Waals surface area (Å²) in [6, 6.07) is 3.41. The Kier molecular flexibility index (Phi) is 5.77. The Hall–Kier alpha value is -2.51. The quantitative estimate of drug-likeness (QED) is 0.468. The Balaban J connectivity index is 2.95. The van der Waals surface area contributed by atoms with Crippen LogP contribution in [0.1, 0.15) is 33.6 Å². The summed E-state index contributed by atoms with van der Waals surface area (Å²) >= 11 is 0. The molecule has 0 amide bonds. The van der Waals surface area contributed by atoms with Crippen LogP contribution in [0.4, 0.5) is 17.1 Å². The molecule has 8 nitrogen and oxygen atoms in total. The molecule has 1 atom stereocenters. The number of hydrogen-bond donors (Lipinski definition) is 1. The maximum atomic E-state index is 11.0. The van der Waals surface area contributed by atoms with E-state index < -0.39 is 9.85 Å². The Morgan fingerprint density at radius 2 is 2.00 bits per heavy atom. The van der Waals surface area contributed by atoms with E-state index in [4.69, 9.17) is 0 Å². The first-order valence-electron chi connectivity index (χ1n) is 6.57. The lowest BCUT2D eigenvalue weighted by atomic mass is 10.0. The second-order valence-electron chi connectivity index (χ2n) is 4.89. The summed E-state index contributed by atoms with van der Waals surface area (Å²) in [6.45, 7) is 6.00. The number of nitro groups is 2. The highest BCUT2D eigenvalue weighted by molar-refractivity contribution is 5.83. The van der Waals surface area contributed by atoms with Gasteiger partial charge in [-0.3, -0.25) is 25.7 Å². The van der Waals surface area contributed by atoms with Crippen molar-refractivity contribution in [3.63, 3.8) is 0 Å². The molecule has 0 aliphatic carbocycles. The minimum atomic E-state index is -0.672. The van der Waals surface area contributed by atoms with Gasteiger partial charge in [0.15, 0.2) is 0 Å². The van der Waals surface area contributed by atoms with Crippen LogP contribution in [-0.2, 0) is 0 Å². The summed E-state index contributed by atoms with van der Waals surface area (Å²) in [4.78, 5) is 20.3. The molecule has 1 rings (SSSR count). The van der Waals surface area contributed by atoms with Crippen LogP contribution in [-0.4, -0.2) is 15.6 Å². The van der Waals surface area contributed by atoms with Gasteiger partial charge >= 0.3 is 5.69 Å². The first-order chi connectivity index (χ1) is 9.85. The number of nitro benzene ring substituents is 2. The summed E-state index contributed by atoms with van der Waals surface area (Å²) < 4.78 is 0. The summed E-state index contributed by atoms with van der Waals surface area (Å²) in [5.41, 5.74) is 2.87. The van der Waals surface area contributed by atoms with Gasteiger partial charge in [-0.15, -0.1) is 0 Å². The molecule has 0 radical (unpaired) electrons. The first kappa shape index (κ1) is 16.5. The van der Waals surface area contributed by atoms with Crippen molar-refractivity contribution in [2.45, 2.75) is 33.6 Å². The highest BCUT2D eigenvalue weighted by Gasteiger charge is 2.19. The van der Waals surface area contributed by atoms with Crippen LogP contribution in [0.15, 0.2) is 23.3 Å². The van der Waals surface area contributed by atoms with E-state index >= 15 is 0 Å². The molecule has 0 aromatic heterocycles. The normalized spacial score (nSPS) is 12.8. The largest absolute Gasteiger partial charge is 0.301 e. The van der Waals surface area contributed by atoms with Gasteiger partial charge in [0, 0.05) is 11.8 Å². The number of anilines is 1. The fraction of sp³-hybridized carbons (Fsp3) is 0.462. The fourth-order valence-electron chi connectivity index (χ4n) is 1.73. The van der Waals surface area contributed by atoms with E-state index in [9.17, 15) is 20.2 Å². The van der Waals surface area contributed by atoms with Crippen LogP contribution in [0.2, 0.25) is 0 Å². The lowest BCUT2D eigenvalue weighted by Gasteiger charge is -2.08. The highest BCUT2D eigenvalue weighted by Crippen LogP contribution is 2.28. The zero-order valence-electron chi connectivity index (χ0n) is 12.2. The SMILES string of the molecule is CC[C@@H](C)C/C(C)=N/Nc1ccc([N+](=O)[O-])cc1[N+](=O)[O-]. The van der Waals surface area contributed by atoms with Gasteiger partial charge < -0.3 is 0 Å². The van der Waals surface area contributed by atoms with Gasteiger partial charge in [-0.25, -0.2) is 0 Å². The van der Waals surface area contributed by atoms with E-state index in [-0.39, 0.29) is 17.1 Å². The third kappa shape index (κ3) is 4.83. The third-order valence-electron chi connectivity index (χ3n) is 3.10. The summed E-state index contributed by atoms with van der Waals surface area (Å²) in [7, 11) is 0. The Labute approximate surface area is 122 Å². The maximum Gasteiger partial charge on any atom is 0.301 e. The molecule has 1 aromatic carbocycles. The van der Waals surface area contributed by atoms with Crippen molar-refractivity contribution in [3.05, 3.63) is 38.4 Å². The zero-order valence-corrected chi connectivity index (χ0v) is 12.2. The van der Waals surface area contributed by atoms with Gasteiger partial charge in [-0.1, -0.05) is 20.3 Å². The zero-order chi connectivity index (χ0) is 16.0. The third-order valence-corrected chi connectivity index (χ3v) is 3.10. The summed E-state index contributed by atoms with van der Waals surface area (Å²) in [5.74, 6) is 0.474. The fourth-order valence-corrected chi connectivity index (χ4v) is 1.73. The molecule has 114 valence electrons. The standard InChI is InChI=1S/C13H18N4O4/c1-4-9(2)7-10(3)14-15-12-6-5-11(16(18)19)8-13(12)17(20)21/h5-6,8-9,15H,4,7H2,1-3H3/b14-10+/t9-/m1/s1. The molecule has 0 aliphatic rings. The summed E-state index contributed by atoms with van der Waals surface area (Å²) in [5, 5.41) is 25.7. The Morgan fingerprint density at radius 1 is 1.33 bits per heavy atom. The van der Waals surface area contributed by atoms with Crippen molar-refractivity contribution in [1.29, 1.82) is 0 Å². The van der Waals surface area contributed by atoms with E-state index in [0.717, 1.165) is 24.6 Å². The lowest BCUT2D eigenvalue weighted by molar-refractivity contribution is -0.393. The Morgan fingerprint density at radius 3 is 2.52 bits per heavy atom. The van der Waals surface area contributed by atoms with Crippen molar-refractivity contribution in [2.75, 3.05) is 5.43 Å². The molecule has 0 aliphatic heterocycles. The second kappa shape index (κ2) is 7.32. The maximum absolute atomic E-state index is 11.0. The molecular formula is C13H18N4O4. The number of benzene rings is 1.